The van der Waals surface area contributed by atoms with Crippen LogP contribution in [0.1, 0.15) is 70.1 Å². The van der Waals surface area contributed by atoms with Crippen LogP contribution >= 0.6 is 0 Å². The Bertz CT molecular complexity index is 1420. The molecule has 0 spiro atoms. The molecule has 3 aliphatic rings. The lowest BCUT2D eigenvalue weighted by atomic mass is 9.95. The number of nitrogens with zero attached hydrogens (tertiary/aromatic N) is 5. The number of rotatable bonds is 5. The molecule has 0 aliphatic carbocycles. The van der Waals surface area contributed by atoms with Crippen molar-refractivity contribution in [3.8, 4) is 0 Å². The fourth-order valence-corrected chi connectivity index (χ4v) is 5.94. The number of hydrogen-bond donors (Lipinski definition) is 3. The monoisotopic (exact) mass is 528 g/mol. The molecule has 10 heteroatoms. The van der Waals surface area contributed by atoms with Crippen molar-refractivity contribution < 1.29 is 9.53 Å². The van der Waals surface area contributed by atoms with Crippen LogP contribution in [0.3, 0.4) is 0 Å². The molecule has 2 saturated heterocycles. The minimum Gasteiger partial charge on any atom is -0.444 e. The number of allylic oxidation sites excluding steroid dienone is 1. The Morgan fingerprint density at radius 3 is 2.59 bits per heavy atom. The maximum Gasteiger partial charge on any atom is 0.410 e. The van der Waals surface area contributed by atoms with Crippen molar-refractivity contribution in [3.05, 3.63) is 47.8 Å². The van der Waals surface area contributed by atoms with Gasteiger partial charge in [-0.2, -0.15) is 10.1 Å². The lowest BCUT2D eigenvalue weighted by molar-refractivity contribution is 0.00682. The number of ether oxygens (including phenoxy) is 1. The van der Waals surface area contributed by atoms with Crippen LogP contribution in [0, 0.1) is 6.92 Å². The Morgan fingerprint density at radius 1 is 1.13 bits per heavy atom. The molecule has 2 unspecified atom stereocenters. The standard InChI is InChI=1S/C29H36N8O2/c1-17-12-25(36-35-17)33-26-23-10-7-18(19-6-5-11-30-16-19)13-24(23)32-27(34-26)31-20-14-21-8-9-22(15-20)37(21)28(38)39-29(2,3)4/h5,7,10-13,16,19-22H,6,8-9,14-15H2,1-4H3,(H3,31,32,33,34,35,36)/t19?,20?,21-,22+. The highest BCUT2D eigenvalue weighted by molar-refractivity contribution is 5.92. The molecule has 2 fully saturated rings. The predicted octanol–water partition coefficient (Wildman–Crippen LogP) is 5.82. The van der Waals surface area contributed by atoms with E-state index >= 15 is 0 Å². The second kappa shape index (κ2) is 9.98. The average Bonchev–Trinajstić information content (AvgIpc) is 3.42. The number of benzene rings is 1. The molecule has 5 heterocycles. The number of fused-ring (bicyclic) bond motifs is 3. The molecule has 10 nitrogen and oxygen atoms in total. The molecule has 204 valence electrons. The molecule has 3 aromatic rings. The molecule has 4 atom stereocenters. The van der Waals surface area contributed by atoms with E-state index in [1.54, 1.807) is 0 Å². The highest BCUT2D eigenvalue weighted by atomic mass is 16.6. The van der Waals surface area contributed by atoms with Gasteiger partial charge in [-0.3, -0.25) is 10.1 Å². The quantitative estimate of drug-likeness (QED) is 0.382. The summed E-state index contributed by atoms with van der Waals surface area (Å²) in [6, 6.07) is 8.76. The van der Waals surface area contributed by atoms with Gasteiger partial charge >= 0.3 is 6.09 Å². The van der Waals surface area contributed by atoms with E-state index in [1.165, 1.54) is 5.56 Å². The topological polar surface area (TPSA) is 120 Å². The van der Waals surface area contributed by atoms with Gasteiger partial charge in [0, 0.05) is 53.6 Å². The van der Waals surface area contributed by atoms with Gasteiger partial charge in [0.2, 0.25) is 5.95 Å². The minimum atomic E-state index is -0.501. The van der Waals surface area contributed by atoms with Crippen molar-refractivity contribution >= 4 is 40.8 Å². The van der Waals surface area contributed by atoms with Gasteiger partial charge in [0.1, 0.15) is 11.4 Å². The molecule has 6 rings (SSSR count). The molecule has 2 aromatic heterocycles. The van der Waals surface area contributed by atoms with Crippen LogP contribution in [0.4, 0.5) is 22.4 Å². The molecular weight excluding hydrogens is 492 g/mol. The van der Waals surface area contributed by atoms with Crippen LogP contribution in [0.25, 0.3) is 10.9 Å². The van der Waals surface area contributed by atoms with Gasteiger partial charge in [-0.1, -0.05) is 12.1 Å². The Balaban J connectivity index is 1.27. The zero-order valence-corrected chi connectivity index (χ0v) is 22.9. The second-order valence-corrected chi connectivity index (χ2v) is 11.8. The van der Waals surface area contributed by atoms with Gasteiger partial charge in [-0.25, -0.2) is 9.78 Å². The third kappa shape index (κ3) is 5.46. The number of aromatic nitrogens is 4. The fraction of sp³-hybridized carbons (Fsp3) is 0.483. The van der Waals surface area contributed by atoms with Crippen LogP contribution in [-0.4, -0.2) is 61.1 Å². The van der Waals surface area contributed by atoms with E-state index in [1.807, 2.05) is 51.1 Å². The fourth-order valence-electron chi connectivity index (χ4n) is 5.94. The molecule has 3 N–H and O–H groups in total. The van der Waals surface area contributed by atoms with Crippen LogP contribution in [0.2, 0.25) is 0 Å². The number of anilines is 3. The minimum absolute atomic E-state index is 0.159. The summed E-state index contributed by atoms with van der Waals surface area (Å²) in [5.41, 5.74) is 2.50. The second-order valence-electron chi connectivity index (χ2n) is 11.8. The summed E-state index contributed by atoms with van der Waals surface area (Å²) in [6.07, 6.45) is 10.3. The third-order valence-corrected chi connectivity index (χ3v) is 7.62. The Hall–Kier alpha value is -3.95. The maximum absolute atomic E-state index is 12.9. The Labute approximate surface area is 228 Å². The van der Waals surface area contributed by atoms with Gasteiger partial charge in [-0.15, -0.1) is 0 Å². The van der Waals surface area contributed by atoms with E-state index < -0.39 is 5.60 Å². The van der Waals surface area contributed by atoms with Crippen molar-refractivity contribution in [1.29, 1.82) is 0 Å². The van der Waals surface area contributed by atoms with Crippen LogP contribution in [-0.2, 0) is 4.74 Å². The van der Waals surface area contributed by atoms with E-state index in [9.17, 15) is 4.79 Å². The van der Waals surface area contributed by atoms with Crippen molar-refractivity contribution in [3.63, 3.8) is 0 Å². The van der Waals surface area contributed by atoms with Crippen molar-refractivity contribution in [2.45, 2.75) is 89.4 Å². The van der Waals surface area contributed by atoms with E-state index in [2.05, 4.69) is 50.1 Å². The number of aromatic amines is 1. The number of carbonyl (C=O) groups is 1. The zero-order valence-electron chi connectivity index (χ0n) is 22.9. The number of aryl methyl sites for hydroxylation is 1. The number of H-pyrrole nitrogens is 1. The number of nitrogens with one attached hydrogen (secondary N) is 3. The van der Waals surface area contributed by atoms with Gasteiger partial charge in [0.25, 0.3) is 0 Å². The molecule has 3 aliphatic heterocycles. The summed E-state index contributed by atoms with van der Waals surface area (Å²) in [5.74, 6) is 2.20. The molecule has 39 heavy (non-hydrogen) atoms. The number of aliphatic imine (C=N–C) groups is 1. The summed E-state index contributed by atoms with van der Waals surface area (Å²) >= 11 is 0. The first-order valence-corrected chi connectivity index (χ1v) is 13.8. The van der Waals surface area contributed by atoms with Crippen molar-refractivity contribution in [1.82, 2.24) is 25.1 Å². The first-order valence-electron chi connectivity index (χ1n) is 13.8. The third-order valence-electron chi connectivity index (χ3n) is 7.62. The predicted molar refractivity (Wildman–Crippen MR) is 153 cm³/mol. The highest BCUT2D eigenvalue weighted by Gasteiger charge is 2.45. The first kappa shape index (κ1) is 25.3. The number of piperidine rings is 1. The highest BCUT2D eigenvalue weighted by Crippen LogP contribution is 2.38. The first-order chi connectivity index (χ1) is 18.7. The van der Waals surface area contributed by atoms with Crippen molar-refractivity contribution in [2.24, 2.45) is 4.99 Å². The number of hydrogen-bond acceptors (Lipinski definition) is 8. The SMILES string of the molecule is Cc1cc(Nc2nc(NC3C[C@H]4CC[C@@H](C3)N4C(=O)OC(C)(C)C)nc3cc(C4C=NC=CC4)ccc23)n[nH]1. The Morgan fingerprint density at radius 2 is 1.92 bits per heavy atom. The van der Waals surface area contributed by atoms with E-state index in [0.717, 1.165) is 48.7 Å². The summed E-state index contributed by atoms with van der Waals surface area (Å²) in [5, 5.41) is 15.2. The summed E-state index contributed by atoms with van der Waals surface area (Å²) in [7, 11) is 0. The molecule has 2 bridgehead atoms. The lowest BCUT2D eigenvalue weighted by Gasteiger charge is -2.39. The molecular formula is C29H36N8O2. The van der Waals surface area contributed by atoms with Gasteiger partial charge < -0.3 is 20.3 Å². The van der Waals surface area contributed by atoms with Gasteiger partial charge in [0.05, 0.1) is 5.52 Å². The molecule has 0 saturated carbocycles. The molecule has 0 radical (unpaired) electrons. The van der Waals surface area contributed by atoms with Crippen LogP contribution < -0.4 is 10.6 Å². The summed E-state index contributed by atoms with van der Waals surface area (Å²) < 4.78 is 5.71. The number of amides is 1. The molecule has 1 aromatic carbocycles. The smallest absolute Gasteiger partial charge is 0.410 e. The average molecular weight is 529 g/mol. The van der Waals surface area contributed by atoms with Crippen molar-refractivity contribution in [2.75, 3.05) is 10.6 Å². The number of carbonyl (C=O) groups excluding carboxylic acids is 1. The zero-order chi connectivity index (χ0) is 27.1. The largest absolute Gasteiger partial charge is 0.444 e. The van der Waals surface area contributed by atoms with Crippen LogP contribution in [0.5, 0.6) is 0 Å². The van der Waals surface area contributed by atoms with E-state index in [0.29, 0.717) is 17.6 Å². The van der Waals surface area contributed by atoms with E-state index in [4.69, 9.17) is 14.7 Å². The normalized spacial score (nSPS) is 24.3. The lowest BCUT2D eigenvalue weighted by Crippen LogP contribution is -2.51. The van der Waals surface area contributed by atoms with E-state index in [-0.39, 0.29) is 30.1 Å². The van der Waals surface area contributed by atoms with Gasteiger partial charge in [-0.05, 0) is 77.5 Å². The maximum atomic E-state index is 12.9. The summed E-state index contributed by atoms with van der Waals surface area (Å²) in [6.45, 7) is 7.71. The summed E-state index contributed by atoms with van der Waals surface area (Å²) in [4.78, 5) is 29.0. The Kier molecular flexibility index (Phi) is 6.48. The van der Waals surface area contributed by atoms with Crippen LogP contribution in [0.15, 0.2) is 41.5 Å². The molecule has 1 amide bonds. The van der Waals surface area contributed by atoms with Gasteiger partial charge in [0.15, 0.2) is 5.82 Å².